The van der Waals surface area contributed by atoms with Gasteiger partial charge in [0, 0.05) is 0 Å². The largest absolute Gasteiger partial charge is 0.0596 e. The summed E-state index contributed by atoms with van der Waals surface area (Å²) in [6, 6.07) is 7.27. The Balaban J connectivity index is 1.32. The summed E-state index contributed by atoms with van der Waals surface area (Å²) in [6.07, 6.45) is 18.4. The summed E-state index contributed by atoms with van der Waals surface area (Å²) >= 11 is 0. The van der Waals surface area contributed by atoms with E-state index in [1.165, 1.54) is 89.0 Å². The third kappa shape index (κ3) is 5.64. The van der Waals surface area contributed by atoms with Crippen LogP contribution in [0.15, 0.2) is 18.2 Å². The first-order chi connectivity index (χ1) is 11.5. The highest BCUT2D eigenvalue weighted by atomic mass is 14.4. The molecule has 0 atom stereocenters. The van der Waals surface area contributed by atoms with Crippen molar-refractivity contribution in [3.8, 4) is 0 Å². The zero-order chi connectivity index (χ0) is 17.0. The zero-order valence-corrected chi connectivity index (χ0v) is 16.4. The van der Waals surface area contributed by atoms with E-state index in [4.69, 9.17) is 0 Å². The standard InChI is InChI=1S/C24H38/c1-20-19-21(9-5-4-7-13-23(2)15-16-23)11-12-22(20)10-6-8-14-24(3)17-18-24/h11-12,19H,4-10,13-18H2,1-3H3. The molecule has 1 aromatic rings. The molecule has 0 bridgehead atoms. The Morgan fingerprint density at radius 3 is 1.92 bits per heavy atom. The molecule has 2 aliphatic rings. The maximum Gasteiger partial charge on any atom is -0.0276 e. The van der Waals surface area contributed by atoms with Crippen molar-refractivity contribution >= 4 is 0 Å². The monoisotopic (exact) mass is 326 g/mol. The summed E-state index contributed by atoms with van der Waals surface area (Å²) < 4.78 is 0. The van der Waals surface area contributed by atoms with Crippen molar-refractivity contribution in [2.75, 3.05) is 0 Å². The summed E-state index contributed by atoms with van der Waals surface area (Å²) in [4.78, 5) is 0. The normalized spacial score (nSPS) is 20.1. The smallest absolute Gasteiger partial charge is 0.0276 e. The van der Waals surface area contributed by atoms with Crippen LogP contribution in [0.25, 0.3) is 0 Å². The molecule has 24 heavy (non-hydrogen) atoms. The lowest BCUT2D eigenvalue weighted by Gasteiger charge is -2.11. The highest BCUT2D eigenvalue weighted by Crippen LogP contribution is 2.49. The van der Waals surface area contributed by atoms with Crippen molar-refractivity contribution in [2.45, 2.75) is 104 Å². The van der Waals surface area contributed by atoms with E-state index in [-0.39, 0.29) is 0 Å². The molecule has 0 aliphatic heterocycles. The molecule has 3 rings (SSSR count). The first-order valence-electron chi connectivity index (χ1n) is 10.6. The van der Waals surface area contributed by atoms with Gasteiger partial charge in [-0.15, -0.1) is 0 Å². The van der Waals surface area contributed by atoms with Gasteiger partial charge in [-0.1, -0.05) is 51.3 Å². The molecule has 0 spiro atoms. The van der Waals surface area contributed by atoms with E-state index in [9.17, 15) is 0 Å². The minimum atomic E-state index is 0.732. The second-order valence-electron chi connectivity index (χ2n) is 9.65. The molecule has 0 amide bonds. The van der Waals surface area contributed by atoms with Gasteiger partial charge in [-0.25, -0.2) is 0 Å². The first kappa shape index (κ1) is 18.0. The molecular formula is C24H38. The molecule has 0 unspecified atom stereocenters. The van der Waals surface area contributed by atoms with Crippen LogP contribution in [-0.4, -0.2) is 0 Å². The van der Waals surface area contributed by atoms with Crippen molar-refractivity contribution in [1.82, 2.24) is 0 Å². The zero-order valence-electron chi connectivity index (χ0n) is 16.4. The number of benzene rings is 1. The van der Waals surface area contributed by atoms with E-state index in [1.54, 1.807) is 11.1 Å². The van der Waals surface area contributed by atoms with Crippen molar-refractivity contribution in [3.63, 3.8) is 0 Å². The van der Waals surface area contributed by atoms with Gasteiger partial charge in [0.15, 0.2) is 0 Å². The lowest BCUT2D eigenvalue weighted by atomic mass is 9.95. The van der Waals surface area contributed by atoms with Gasteiger partial charge in [-0.2, -0.15) is 0 Å². The van der Waals surface area contributed by atoms with E-state index in [1.807, 2.05) is 0 Å². The van der Waals surface area contributed by atoms with Gasteiger partial charge in [0.2, 0.25) is 0 Å². The maximum absolute atomic E-state index is 2.46. The van der Waals surface area contributed by atoms with Crippen LogP contribution < -0.4 is 0 Å². The molecule has 0 saturated heterocycles. The molecule has 0 heteroatoms. The van der Waals surface area contributed by atoms with Gasteiger partial charge in [0.05, 0.1) is 0 Å². The molecule has 1 aromatic carbocycles. The summed E-state index contributed by atoms with van der Waals surface area (Å²) in [7, 11) is 0. The third-order valence-electron chi connectivity index (χ3n) is 6.84. The highest BCUT2D eigenvalue weighted by Gasteiger charge is 2.36. The maximum atomic E-state index is 2.46. The van der Waals surface area contributed by atoms with E-state index in [0.29, 0.717) is 0 Å². The van der Waals surface area contributed by atoms with Crippen LogP contribution in [0.2, 0.25) is 0 Å². The molecule has 134 valence electrons. The highest BCUT2D eigenvalue weighted by molar-refractivity contribution is 5.31. The van der Waals surface area contributed by atoms with Crippen LogP contribution in [-0.2, 0) is 12.8 Å². The van der Waals surface area contributed by atoms with Gasteiger partial charge in [0.25, 0.3) is 0 Å². The molecule has 0 aromatic heterocycles. The molecule has 2 fully saturated rings. The Kier molecular flexibility index (Phi) is 5.73. The van der Waals surface area contributed by atoms with E-state index < -0.39 is 0 Å². The topological polar surface area (TPSA) is 0 Å². The summed E-state index contributed by atoms with van der Waals surface area (Å²) in [5.74, 6) is 0. The Labute approximate surface area is 150 Å². The van der Waals surface area contributed by atoms with Crippen LogP contribution >= 0.6 is 0 Å². The Bertz CT molecular complexity index is 531. The van der Waals surface area contributed by atoms with Crippen LogP contribution in [0.5, 0.6) is 0 Å². The first-order valence-corrected chi connectivity index (χ1v) is 10.6. The number of hydrogen-bond donors (Lipinski definition) is 0. The van der Waals surface area contributed by atoms with Gasteiger partial charge in [-0.05, 0) is 98.7 Å². The molecule has 0 N–H and O–H groups in total. The minimum Gasteiger partial charge on any atom is -0.0596 e. The molecule has 0 radical (unpaired) electrons. The molecule has 2 aliphatic carbocycles. The number of rotatable bonds is 11. The predicted octanol–water partition coefficient (Wildman–Crippen LogP) is 7.41. The quantitative estimate of drug-likeness (QED) is 0.371. The lowest BCUT2D eigenvalue weighted by Crippen LogP contribution is -1.96. The second kappa shape index (κ2) is 7.63. The van der Waals surface area contributed by atoms with Crippen LogP contribution in [0.3, 0.4) is 0 Å². The summed E-state index contributed by atoms with van der Waals surface area (Å²) in [6.45, 7) is 7.23. The van der Waals surface area contributed by atoms with Crippen molar-refractivity contribution in [2.24, 2.45) is 10.8 Å². The van der Waals surface area contributed by atoms with Crippen LogP contribution in [0.1, 0.15) is 101 Å². The Morgan fingerprint density at radius 2 is 1.33 bits per heavy atom. The van der Waals surface area contributed by atoms with Crippen LogP contribution in [0.4, 0.5) is 0 Å². The van der Waals surface area contributed by atoms with Crippen molar-refractivity contribution < 1.29 is 0 Å². The molecule has 2 saturated carbocycles. The van der Waals surface area contributed by atoms with Crippen molar-refractivity contribution in [3.05, 3.63) is 34.9 Å². The molecule has 0 heterocycles. The van der Waals surface area contributed by atoms with Gasteiger partial charge < -0.3 is 0 Å². The van der Waals surface area contributed by atoms with E-state index in [0.717, 1.165) is 10.8 Å². The minimum absolute atomic E-state index is 0.732. The molecular weight excluding hydrogens is 288 g/mol. The lowest BCUT2D eigenvalue weighted by molar-refractivity contribution is 0.475. The molecule has 0 nitrogen and oxygen atoms in total. The fourth-order valence-electron chi connectivity index (χ4n) is 4.05. The summed E-state index contributed by atoms with van der Waals surface area (Å²) in [5.41, 5.74) is 6.14. The number of aryl methyl sites for hydroxylation is 3. The van der Waals surface area contributed by atoms with Crippen LogP contribution in [0, 0.1) is 17.8 Å². The van der Waals surface area contributed by atoms with Crippen molar-refractivity contribution in [1.29, 1.82) is 0 Å². The predicted molar refractivity (Wildman–Crippen MR) is 106 cm³/mol. The van der Waals surface area contributed by atoms with E-state index in [2.05, 4.69) is 39.0 Å². The fraction of sp³-hybridized carbons (Fsp3) is 0.750. The van der Waals surface area contributed by atoms with Gasteiger partial charge in [-0.3, -0.25) is 0 Å². The van der Waals surface area contributed by atoms with Gasteiger partial charge >= 0.3 is 0 Å². The average Bonchev–Trinajstić information content (AvgIpc) is 3.46. The number of hydrogen-bond acceptors (Lipinski definition) is 0. The number of unbranched alkanes of at least 4 members (excludes halogenated alkanes) is 3. The SMILES string of the molecule is Cc1cc(CCCCCC2(C)CC2)ccc1CCCCC1(C)CC1. The Morgan fingerprint density at radius 1 is 0.750 bits per heavy atom. The third-order valence-corrected chi connectivity index (χ3v) is 6.84. The Hall–Kier alpha value is -0.780. The fourth-order valence-corrected chi connectivity index (χ4v) is 4.05. The summed E-state index contributed by atoms with van der Waals surface area (Å²) in [5, 5.41) is 0. The second-order valence-corrected chi connectivity index (χ2v) is 9.65. The average molecular weight is 327 g/mol. The van der Waals surface area contributed by atoms with Gasteiger partial charge in [0.1, 0.15) is 0 Å². The van der Waals surface area contributed by atoms with E-state index >= 15 is 0 Å².